The number of hydrogen-bond donors (Lipinski definition) is 0. The standard InChI is InChI=1S/Au.BF4/c;2-1(3,4)5/q;-1/i1-120;. The van der Waals surface area contributed by atoms with Crippen molar-refractivity contribution < 1.29 is 39.6 Å². The molecule has 0 aromatic heterocycles. The fourth-order valence-electron chi connectivity index (χ4n) is 0. The molecule has 0 fully saturated rings. The number of rotatable bonds is 0. The van der Waals surface area contributed by atoms with Crippen molar-refractivity contribution >= 4 is 7.25 Å². The van der Waals surface area contributed by atoms with Crippen LogP contribution in [0.5, 0.6) is 0 Å². The summed E-state index contributed by atoms with van der Waals surface area (Å²) in [6.45, 7) is 0. The van der Waals surface area contributed by atoms with Crippen LogP contribution in [-0.4, -0.2) is 7.25 Å². The molecule has 1 radical (unpaired) electrons. The molecule has 0 atom stereocenters. The van der Waals surface area contributed by atoms with Crippen LogP contribution in [0.25, 0.3) is 0 Å². The van der Waals surface area contributed by atoms with Crippen LogP contribution < -0.4 is 0 Å². The van der Waals surface area contributed by atoms with Gasteiger partial charge in [-0.15, -0.1) is 0 Å². The molecule has 0 nitrogen and oxygen atoms in total. The summed E-state index contributed by atoms with van der Waals surface area (Å²) in [5.41, 5.74) is 0. The van der Waals surface area contributed by atoms with Gasteiger partial charge in [0.05, 0.1) is 0 Å². The Bertz CT molecular complexity index is 23.0. The third-order valence-electron chi connectivity index (χ3n) is 0. The van der Waals surface area contributed by atoms with E-state index in [1.807, 2.05) is 0 Å². The third kappa shape index (κ3) is 204. The predicted molar refractivity (Wildman–Crippen MR) is 10.2 cm³/mol. The van der Waals surface area contributed by atoms with E-state index in [4.69, 9.17) is 0 Å². The molecular weight excluding hydrogens is 87.8 g/mol. The van der Waals surface area contributed by atoms with E-state index in [2.05, 4.69) is 0 Å². The van der Waals surface area contributed by atoms with Crippen LogP contribution in [0, 0.1) is 0 Å². The van der Waals surface area contributed by atoms with Crippen LogP contribution in [0.4, 0.5) is 17.3 Å². The van der Waals surface area contributed by atoms with Gasteiger partial charge in [-0.2, -0.15) is 0 Å². The van der Waals surface area contributed by atoms with Crippen molar-refractivity contribution in [2.24, 2.45) is 0 Å². The smallest absolute Gasteiger partial charge is 0.418 e. The van der Waals surface area contributed by atoms with Gasteiger partial charge >= 0.3 is 7.25 Å². The van der Waals surface area contributed by atoms with E-state index in [-0.39, 0.29) is 22.4 Å². The molecule has 0 aromatic carbocycles. The quantitative estimate of drug-likeness (QED) is 0.309. The first-order chi connectivity index (χ1) is 2.00. The predicted octanol–water partition coefficient (Wildman–Crippen LogP) is 1.30. The van der Waals surface area contributed by atoms with Crippen LogP contribution in [0.2, 0.25) is 0 Å². The van der Waals surface area contributed by atoms with Crippen molar-refractivity contribution in [2.75, 3.05) is 0 Å². The minimum Gasteiger partial charge on any atom is -0.418 e. The van der Waals surface area contributed by atoms with Gasteiger partial charge in [-0.25, -0.2) is 0 Å². The van der Waals surface area contributed by atoms with Crippen LogP contribution in [0.3, 0.4) is 0 Å². The Morgan fingerprint density at radius 3 is 0.833 bits per heavy atom. The van der Waals surface area contributed by atoms with Gasteiger partial charge in [0.15, 0.2) is 0 Å². The first-order valence-electron chi connectivity index (χ1n) is 0.873. The van der Waals surface area contributed by atoms with Gasteiger partial charge in [-0.1, -0.05) is 0 Å². The van der Waals surface area contributed by atoms with Crippen molar-refractivity contribution in [1.29, 1.82) is 0 Å². The summed E-state index contributed by atoms with van der Waals surface area (Å²) in [5, 5.41) is 0. The Hall–Kier alpha value is 0.525. The summed E-state index contributed by atoms with van der Waals surface area (Å²) in [6.07, 6.45) is 0. The number of halogens is 4. The fraction of sp³-hybridized carbons (Fsp3) is 0. The maximum absolute atomic E-state index is 9.75. The zero-order valence-electron chi connectivity index (χ0n) is 2.39. The van der Waals surface area contributed by atoms with E-state index in [0.717, 1.165) is 0 Å². The Balaban J connectivity index is 0. The average Bonchev–Trinajstić information content (AvgIpc) is 0.722. The molecular formula is AuBF4-. The monoisotopic (exact) mass is 88.0 g/mol. The Labute approximate surface area is 47.5 Å². The molecule has 0 unspecified atom stereocenters. The minimum atomic E-state index is -6.00. The van der Waals surface area contributed by atoms with Crippen molar-refractivity contribution in [2.45, 2.75) is 0 Å². The summed E-state index contributed by atoms with van der Waals surface area (Å²) in [6, 6.07) is 0. The molecule has 0 amide bonds. The molecule has 0 bridgehead atoms. The largest absolute Gasteiger partial charge is 0.673 e. The topological polar surface area (TPSA) is 0 Å². The van der Waals surface area contributed by atoms with Crippen molar-refractivity contribution in [1.82, 2.24) is 0 Å². The third-order valence-corrected chi connectivity index (χ3v) is 0. The first-order valence-corrected chi connectivity index (χ1v) is 0.873. The number of hydrogen-bond acceptors (Lipinski definition) is 0. The summed E-state index contributed by atoms with van der Waals surface area (Å²) >= 11 is 0. The second kappa shape index (κ2) is 2.66. The molecule has 0 aromatic rings. The molecule has 0 aliphatic carbocycles. The van der Waals surface area contributed by atoms with E-state index >= 15 is 0 Å². The minimum absolute atomic E-state index is 0. The van der Waals surface area contributed by atoms with E-state index < -0.39 is 7.25 Å². The molecule has 43 valence electrons. The second-order valence-electron chi connectivity index (χ2n) is 0.495. The van der Waals surface area contributed by atoms with Crippen LogP contribution in [0.15, 0.2) is 0 Å². The SMILES string of the molecule is F[B-](F)(F)F.[1Au]. The summed E-state index contributed by atoms with van der Waals surface area (Å²) in [7, 11) is -6.00. The van der Waals surface area contributed by atoms with Crippen LogP contribution >= 0.6 is 0 Å². The molecule has 6 heavy (non-hydrogen) atoms. The molecule has 6 heteroatoms. The zero-order chi connectivity index (χ0) is 4.50. The summed E-state index contributed by atoms with van der Waals surface area (Å²) in [4.78, 5) is 0. The van der Waals surface area contributed by atoms with E-state index in [1.165, 1.54) is 0 Å². The fourth-order valence-corrected chi connectivity index (χ4v) is 0. The Kier molecular flexibility index (Phi) is 4.31. The molecule has 0 aliphatic rings. The van der Waals surface area contributed by atoms with E-state index in [9.17, 15) is 17.3 Å². The zero-order valence-corrected chi connectivity index (χ0v) is 4.56. The second-order valence-corrected chi connectivity index (χ2v) is 0.495. The van der Waals surface area contributed by atoms with Gasteiger partial charge in [0.1, 0.15) is 0 Å². The first kappa shape index (κ1) is 9.73. The van der Waals surface area contributed by atoms with Crippen molar-refractivity contribution in [3.05, 3.63) is 0 Å². The molecule has 0 saturated heterocycles. The summed E-state index contributed by atoms with van der Waals surface area (Å²) < 4.78 is 39.0. The van der Waals surface area contributed by atoms with Gasteiger partial charge in [-0.3, -0.25) is 0 Å². The van der Waals surface area contributed by atoms with Gasteiger partial charge < -0.3 is 17.3 Å². The average molecular weight is 87.8 g/mol. The van der Waals surface area contributed by atoms with Gasteiger partial charge in [0.25, 0.3) is 0 Å². The molecule has 0 aliphatic heterocycles. The van der Waals surface area contributed by atoms with Crippen molar-refractivity contribution in [3.63, 3.8) is 0 Å². The van der Waals surface area contributed by atoms with E-state index in [0.29, 0.717) is 0 Å². The van der Waals surface area contributed by atoms with Crippen molar-refractivity contribution in [3.8, 4) is 0 Å². The van der Waals surface area contributed by atoms with Gasteiger partial charge in [0, 0.05) is 22.4 Å². The summed E-state index contributed by atoms with van der Waals surface area (Å²) in [5.74, 6) is 0. The van der Waals surface area contributed by atoms with Crippen LogP contribution in [0.1, 0.15) is 0 Å². The normalized spacial score (nSPS) is 10.0. The van der Waals surface area contributed by atoms with Gasteiger partial charge in [0.2, 0.25) is 0 Å². The maximum atomic E-state index is 9.75. The van der Waals surface area contributed by atoms with Crippen LogP contribution in [-0.2, 0) is 22.4 Å². The van der Waals surface area contributed by atoms with Gasteiger partial charge in [-0.05, 0) is 0 Å². The molecule has 0 saturated carbocycles. The Morgan fingerprint density at radius 1 is 0.833 bits per heavy atom. The molecule has 0 heterocycles. The van der Waals surface area contributed by atoms with E-state index in [1.54, 1.807) is 0 Å². The molecule has 0 N–H and O–H groups in total. The molecule has 0 rings (SSSR count). The Morgan fingerprint density at radius 2 is 0.833 bits per heavy atom. The maximum Gasteiger partial charge on any atom is 0.673 e. The molecule has 0 spiro atoms.